The summed E-state index contributed by atoms with van der Waals surface area (Å²) in [6.45, 7) is 3.10. The summed E-state index contributed by atoms with van der Waals surface area (Å²) in [5.41, 5.74) is 2.50. The first-order valence-electron chi connectivity index (χ1n) is 7.03. The normalized spacial score (nSPS) is 22.3. The number of aliphatic carboxylic acids is 1. The van der Waals surface area contributed by atoms with Crippen LogP contribution >= 0.6 is 0 Å². The second-order valence-corrected chi connectivity index (χ2v) is 5.26. The molecule has 0 radical (unpaired) electrons. The third-order valence-electron chi connectivity index (χ3n) is 3.97. The molecule has 0 aromatic heterocycles. The highest BCUT2D eigenvalue weighted by atomic mass is 16.5. The van der Waals surface area contributed by atoms with Crippen molar-refractivity contribution in [3.05, 3.63) is 29.3 Å². The van der Waals surface area contributed by atoms with Gasteiger partial charge in [-0.2, -0.15) is 0 Å². The van der Waals surface area contributed by atoms with E-state index in [4.69, 9.17) is 9.47 Å². The van der Waals surface area contributed by atoms with E-state index in [2.05, 4.69) is 12.1 Å². The zero-order valence-electron chi connectivity index (χ0n) is 11.4. The number of carbonyl (C=O) groups is 1. The number of carboxylic acids is 1. The van der Waals surface area contributed by atoms with Gasteiger partial charge in [-0.05, 0) is 23.6 Å². The number of hydrogen-bond donors (Lipinski definition) is 1. The lowest BCUT2D eigenvalue weighted by atomic mass is 10.1. The largest absolute Gasteiger partial charge is 0.493 e. The van der Waals surface area contributed by atoms with Gasteiger partial charge in [0.15, 0.2) is 0 Å². The third kappa shape index (κ3) is 2.78. The van der Waals surface area contributed by atoms with E-state index in [0.29, 0.717) is 13.2 Å². The van der Waals surface area contributed by atoms with E-state index >= 15 is 0 Å². The summed E-state index contributed by atoms with van der Waals surface area (Å²) < 4.78 is 10.7. The molecule has 0 amide bonds. The summed E-state index contributed by atoms with van der Waals surface area (Å²) in [7, 11) is 0. The van der Waals surface area contributed by atoms with Crippen molar-refractivity contribution < 1.29 is 19.4 Å². The van der Waals surface area contributed by atoms with Gasteiger partial charge in [-0.1, -0.05) is 12.1 Å². The van der Waals surface area contributed by atoms with Gasteiger partial charge in [-0.15, -0.1) is 0 Å². The Morgan fingerprint density at radius 2 is 2.30 bits per heavy atom. The van der Waals surface area contributed by atoms with E-state index in [1.165, 1.54) is 11.1 Å². The highest BCUT2D eigenvalue weighted by Gasteiger charge is 2.28. The number of rotatable bonds is 4. The van der Waals surface area contributed by atoms with Crippen LogP contribution in [0.15, 0.2) is 18.2 Å². The second kappa shape index (κ2) is 5.81. The molecule has 20 heavy (non-hydrogen) atoms. The maximum absolute atomic E-state index is 11.2. The molecule has 0 saturated carbocycles. The Morgan fingerprint density at radius 1 is 1.40 bits per heavy atom. The number of benzene rings is 1. The van der Waals surface area contributed by atoms with E-state index in [9.17, 15) is 9.90 Å². The van der Waals surface area contributed by atoms with Crippen molar-refractivity contribution in [2.24, 2.45) is 0 Å². The highest BCUT2D eigenvalue weighted by Crippen LogP contribution is 2.26. The van der Waals surface area contributed by atoms with Crippen LogP contribution in [0.4, 0.5) is 0 Å². The Labute approximate surface area is 118 Å². The summed E-state index contributed by atoms with van der Waals surface area (Å²) in [6.07, 6.45) is 1.83. The van der Waals surface area contributed by atoms with Crippen LogP contribution in [-0.2, 0) is 22.4 Å². The average molecular weight is 277 g/mol. The number of nitrogens with zero attached hydrogens (tertiary/aromatic N) is 1. The number of fused-ring (bicyclic) bond motifs is 1. The van der Waals surface area contributed by atoms with Crippen molar-refractivity contribution in [2.45, 2.75) is 18.9 Å². The van der Waals surface area contributed by atoms with Gasteiger partial charge in [0.1, 0.15) is 11.8 Å². The Hall–Kier alpha value is -1.59. The first kappa shape index (κ1) is 13.4. The van der Waals surface area contributed by atoms with Crippen LogP contribution in [0, 0.1) is 0 Å². The lowest BCUT2D eigenvalue weighted by Gasteiger charge is -2.32. The van der Waals surface area contributed by atoms with E-state index in [1.807, 2.05) is 11.0 Å². The van der Waals surface area contributed by atoms with Gasteiger partial charge in [0.2, 0.25) is 0 Å². The standard InChI is InChI=1S/C15H19NO4/c17-15(18)13-10-19-8-6-16(13)5-3-11-1-2-14-12(9-11)4-7-20-14/h1-2,9,13H,3-8,10H2,(H,17,18). The zero-order chi connectivity index (χ0) is 13.9. The molecule has 0 bridgehead atoms. The van der Waals surface area contributed by atoms with Gasteiger partial charge in [0, 0.05) is 19.5 Å². The predicted molar refractivity (Wildman–Crippen MR) is 73.2 cm³/mol. The van der Waals surface area contributed by atoms with Crippen molar-refractivity contribution >= 4 is 5.97 Å². The molecule has 1 aromatic rings. The van der Waals surface area contributed by atoms with Crippen LogP contribution < -0.4 is 4.74 Å². The molecule has 1 atom stereocenters. The fraction of sp³-hybridized carbons (Fsp3) is 0.533. The Bertz CT molecular complexity index is 503. The topological polar surface area (TPSA) is 59.0 Å². The van der Waals surface area contributed by atoms with Crippen LogP contribution in [0.3, 0.4) is 0 Å². The van der Waals surface area contributed by atoms with Gasteiger partial charge in [-0.25, -0.2) is 0 Å². The molecular formula is C15H19NO4. The molecule has 5 nitrogen and oxygen atoms in total. The fourth-order valence-electron chi connectivity index (χ4n) is 2.80. The zero-order valence-corrected chi connectivity index (χ0v) is 11.4. The molecule has 3 rings (SSSR count). The van der Waals surface area contributed by atoms with Crippen molar-refractivity contribution in [3.8, 4) is 5.75 Å². The third-order valence-corrected chi connectivity index (χ3v) is 3.97. The number of carboxylic acid groups (broad SMARTS) is 1. The Morgan fingerprint density at radius 3 is 3.15 bits per heavy atom. The van der Waals surface area contributed by atoms with E-state index in [1.54, 1.807) is 0 Å². The molecule has 2 aliphatic heterocycles. The molecule has 2 heterocycles. The molecule has 2 aliphatic rings. The number of hydrogen-bond acceptors (Lipinski definition) is 4. The van der Waals surface area contributed by atoms with Gasteiger partial charge >= 0.3 is 5.97 Å². The number of morpholine rings is 1. The molecule has 1 unspecified atom stereocenters. The summed E-state index contributed by atoms with van der Waals surface area (Å²) in [4.78, 5) is 13.2. The Balaban J connectivity index is 1.62. The molecule has 5 heteroatoms. The molecule has 1 aromatic carbocycles. The van der Waals surface area contributed by atoms with Crippen LogP contribution in [0.25, 0.3) is 0 Å². The molecule has 108 valence electrons. The van der Waals surface area contributed by atoms with Crippen LogP contribution in [-0.4, -0.2) is 54.9 Å². The maximum Gasteiger partial charge on any atom is 0.323 e. The van der Waals surface area contributed by atoms with E-state index < -0.39 is 12.0 Å². The first-order valence-corrected chi connectivity index (χ1v) is 7.03. The van der Waals surface area contributed by atoms with Crippen LogP contribution in [0.1, 0.15) is 11.1 Å². The minimum atomic E-state index is -0.799. The van der Waals surface area contributed by atoms with Crippen molar-refractivity contribution in [1.29, 1.82) is 0 Å². The molecule has 0 aliphatic carbocycles. The number of ether oxygens (including phenoxy) is 2. The van der Waals surface area contributed by atoms with Crippen LogP contribution in [0.5, 0.6) is 5.75 Å². The molecule has 1 N–H and O–H groups in total. The summed E-state index contributed by atoms with van der Waals surface area (Å²) >= 11 is 0. The lowest BCUT2D eigenvalue weighted by Crippen LogP contribution is -2.50. The molecule has 0 spiro atoms. The summed E-state index contributed by atoms with van der Waals surface area (Å²) in [6, 6.07) is 5.76. The SMILES string of the molecule is O=C(O)C1COCCN1CCc1ccc2c(c1)CCO2. The van der Waals surface area contributed by atoms with Gasteiger partial charge in [0.05, 0.1) is 19.8 Å². The maximum atomic E-state index is 11.2. The minimum Gasteiger partial charge on any atom is -0.493 e. The van der Waals surface area contributed by atoms with Gasteiger partial charge < -0.3 is 14.6 Å². The first-order chi connectivity index (χ1) is 9.74. The lowest BCUT2D eigenvalue weighted by molar-refractivity contribution is -0.149. The van der Waals surface area contributed by atoms with Crippen molar-refractivity contribution in [1.82, 2.24) is 4.90 Å². The molecule has 1 saturated heterocycles. The monoisotopic (exact) mass is 277 g/mol. The van der Waals surface area contributed by atoms with Gasteiger partial charge in [0.25, 0.3) is 0 Å². The molecular weight excluding hydrogens is 258 g/mol. The van der Waals surface area contributed by atoms with E-state index in [0.717, 1.165) is 31.7 Å². The summed E-state index contributed by atoms with van der Waals surface area (Å²) in [5.74, 6) is 0.190. The van der Waals surface area contributed by atoms with Crippen LogP contribution in [0.2, 0.25) is 0 Å². The minimum absolute atomic E-state index is 0.285. The van der Waals surface area contributed by atoms with E-state index in [-0.39, 0.29) is 6.61 Å². The van der Waals surface area contributed by atoms with Crippen molar-refractivity contribution in [2.75, 3.05) is 32.9 Å². The Kier molecular flexibility index (Phi) is 3.89. The quantitative estimate of drug-likeness (QED) is 0.888. The predicted octanol–water partition coefficient (Wildman–Crippen LogP) is 0.949. The molecule has 1 fully saturated rings. The fourth-order valence-corrected chi connectivity index (χ4v) is 2.80. The van der Waals surface area contributed by atoms with Gasteiger partial charge in [-0.3, -0.25) is 9.69 Å². The smallest absolute Gasteiger partial charge is 0.323 e. The average Bonchev–Trinajstić information content (AvgIpc) is 2.92. The van der Waals surface area contributed by atoms with Crippen molar-refractivity contribution in [3.63, 3.8) is 0 Å². The highest BCUT2D eigenvalue weighted by molar-refractivity contribution is 5.73. The second-order valence-electron chi connectivity index (χ2n) is 5.26. The summed E-state index contributed by atoms with van der Waals surface area (Å²) in [5, 5.41) is 9.19.